The van der Waals surface area contributed by atoms with Crippen LogP contribution in [0.2, 0.25) is 0 Å². The van der Waals surface area contributed by atoms with Gasteiger partial charge in [0.15, 0.2) is 0 Å². The molecule has 0 unspecified atom stereocenters. The van der Waals surface area contributed by atoms with Gasteiger partial charge in [0.1, 0.15) is 0 Å². The van der Waals surface area contributed by atoms with Crippen LogP contribution in [-0.4, -0.2) is 0 Å². The molecular weight excluding hydrogens is 268 g/mol. The van der Waals surface area contributed by atoms with Crippen molar-refractivity contribution in [3.63, 3.8) is 0 Å². The van der Waals surface area contributed by atoms with Gasteiger partial charge in [0.25, 0.3) is 0 Å². The Morgan fingerprint density at radius 1 is 0.857 bits per heavy atom. The third-order valence-electron chi connectivity index (χ3n) is 3.06. The second-order valence-corrected chi connectivity index (χ2v) is 5.10. The van der Waals surface area contributed by atoms with Crippen LogP contribution >= 0.6 is 0 Å². The minimum absolute atomic E-state index is 0. The number of hydrogen-bond donors (Lipinski definition) is 0. The topological polar surface area (TPSA) is 0 Å². The molecule has 0 aromatic rings. The number of hydrogen-bond acceptors (Lipinski definition) is 0. The molecule has 0 saturated heterocycles. The Bertz CT molecular complexity index is 239. The van der Waals surface area contributed by atoms with Crippen molar-refractivity contribution in [2.45, 2.75) is 34.6 Å². The average Bonchev–Trinajstić information content (AvgIpc) is 2.06. The van der Waals surface area contributed by atoms with Crippen molar-refractivity contribution < 1.29 is 38.8 Å². The molecule has 0 atom stereocenters. The third-order valence-corrected chi connectivity index (χ3v) is 5.52. The van der Waals surface area contributed by atoms with Gasteiger partial charge >= 0.3 is 84.8 Å². The summed E-state index contributed by atoms with van der Waals surface area (Å²) >= 11 is 1.57. The molecule has 0 bridgehead atoms. The molecule has 0 radical (unpaired) electrons. The zero-order valence-corrected chi connectivity index (χ0v) is 11.6. The van der Waals surface area contributed by atoms with E-state index in [0.29, 0.717) is 5.41 Å². The monoisotopic (exact) mass is 282 g/mol. The van der Waals surface area contributed by atoms with E-state index in [4.69, 9.17) is 0 Å². The van der Waals surface area contributed by atoms with Gasteiger partial charge in [-0.2, -0.15) is 0 Å². The van der Waals surface area contributed by atoms with E-state index in [1.165, 1.54) is 11.1 Å². The normalized spacial score (nSPS) is 18.5. The van der Waals surface area contributed by atoms with Crippen LogP contribution in [0, 0.1) is 5.41 Å². The summed E-state index contributed by atoms with van der Waals surface area (Å²) in [7, 11) is 0. The minimum Gasteiger partial charge on any atom is -1.00 e. The van der Waals surface area contributed by atoms with Gasteiger partial charge in [-0.05, 0) is 0 Å². The fourth-order valence-corrected chi connectivity index (χ4v) is 2.52. The second kappa shape index (κ2) is 5.90. The Morgan fingerprint density at radius 3 is 1.29 bits per heavy atom. The summed E-state index contributed by atoms with van der Waals surface area (Å²) in [4.78, 5) is 0. The predicted octanol–water partition coefficient (Wildman–Crippen LogP) is -5.80. The standard InChI is InChI=1S/C10H15.3FH.Zr/c1-7-6-10(4,5)9(3)8(7)2;;;;/h1-5H3;3*1H;/q;;;;+3/p-3. The predicted molar refractivity (Wildman–Crippen MR) is 44.9 cm³/mol. The third kappa shape index (κ3) is 2.59. The SMILES string of the molecule is CC1=C(C)C(C)(C)[C]([Zr+3])=C1C.[F-].[F-].[F-]. The van der Waals surface area contributed by atoms with Gasteiger partial charge < -0.3 is 14.1 Å². The van der Waals surface area contributed by atoms with Crippen LogP contribution in [0.4, 0.5) is 0 Å². The molecule has 0 nitrogen and oxygen atoms in total. The van der Waals surface area contributed by atoms with Crippen LogP contribution in [0.25, 0.3) is 0 Å². The van der Waals surface area contributed by atoms with Crippen LogP contribution in [-0.2, 0) is 24.7 Å². The summed E-state index contributed by atoms with van der Waals surface area (Å²) in [6.45, 7) is 11.4. The molecule has 0 spiro atoms. The van der Waals surface area contributed by atoms with Crippen molar-refractivity contribution in [1.82, 2.24) is 0 Å². The zero-order chi connectivity index (χ0) is 8.81. The summed E-state index contributed by atoms with van der Waals surface area (Å²) < 4.78 is 1.62. The molecule has 80 valence electrons. The molecule has 0 N–H and O–H groups in total. The maximum absolute atomic E-state index is 2.33. The van der Waals surface area contributed by atoms with Crippen molar-refractivity contribution >= 4 is 0 Å². The van der Waals surface area contributed by atoms with E-state index < -0.39 is 0 Å². The molecule has 0 amide bonds. The smallest absolute Gasteiger partial charge is 1.00 e. The van der Waals surface area contributed by atoms with Crippen molar-refractivity contribution in [3.8, 4) is 0 Å². The van der Waals surface area contributed by atoms with Crippen molar-refractivity contribution in [2.24, 2.45) is 5.41 Å². The maximum atomic E-state index is 2.33. The summed E-state index contributed by atoms with van der Waals surface area (Å²) in [6.07, 6.45) is 0. The van der Waals surface area contributed by atoms with Gasteiger partial charge in [0.2, 0.25) is 0 Å². The van der Waals surface area contributed by atoms with Gasteiger partial charge in [0, 0.05) is 0 Å². The van der Waals surface area contributed by atoms with E-state index in [0.717, 1.165) is 0 Å². The fourth-order valence-electron chi connectivity index (χ4n) is 1.59. The van der Waals surface area contributed by atoms with E-state index >= 15 is 0 Å². The Labute approximate surface area is 98.8 Å². The van der Waals surface area contributed by atoms with Gasteiger partial charge in [-0.3, -0.25) is 0 Å². The first-order chi connectivity index (χ1) is 4.89. The summed E-state index contributed by atoms with van der Waals surface area (Å²) in [5.74, 6) is 0. The quantitative estimate of drug-likeness (QED) is 0.416. The van der Waals surface area contributed by atoms with Gasteiger partial charge in [0.05, 0.1) is 0 Å². The Hall–Kier alpha value is 0.153. The number of rotatable bonds is 0. The van der Waals surface area contributed by atoms with Crippen molar-refractivity contribution in [2.75, 3.05) is 0 Å². The Morgan fingerprint density at radius 2 is 1.21 bits per heavy atom. The molecule has 1 aliphatic rings. The van der Waals surface area contributed by atoms with Gasteiger partial charge in [-0.15, -0.1) is 0 Å². The van der Waals surface area contributed by atoms with E-state index in [1.807, 2.05) is 0 Å². The van der Waals surface area contributed by atoms with E-state index in [-0.39, 0.29) is 14.1 Å². The van der Waals surface area contributed by atoms with Crippen LogP contribution < -0.4 is 14.1 Å². The van der Waals surface area contributed by atoms with E-state index in [2.05, 4.69) is 34.6 Å². The van der Waals surface area contributed by atoms with Crippen LogP contribution in [0.3, 0.4) is 0 Å². The largest absolute Gasteiger partial charge is 1.00 e. The molecule has 1 rings (SSSR count). The van der Waals surface area contributed by atoms with Gasteiger partial charge in [-0.25, -0.2) is 0 Å². The molecule has 4 heteroatoms. The summed E-state index contributed by atoms with van der Waals surface area (Å²) in [5, 5.41) is 0. The molecule has 0 fully saturated rings. The van der Waals surface area contributed by atoms with Crippen molar-refractivity contribution in [3.05, 3.63) is 20.0 Å². The van der Waals surface area contributed by atoms with E-state index in [9.17, 15) is 0 Å². The first-order valence-corrected chi connectivity index (χ1v) is 5.23. The molecule has 1 aliphatic carbocycles. The van der Waals surface area contributed by atoms with Crippen LogP contribution in [0.15, 0.2) is 20.0 Å². The first kappa shape index (κ1) is 19.7. The van der Waals surface area contributed by atoms with Crippen molar-refractivity contribution in [1.29, 1.82) is 0 Å². The average molecular weight is 283 g/mol. The minimum atomic E-state index is 0. The first-order valence-electron chi connectivity index (χ1n) is 4.00. The molecule has 0 heterocycles. The number of allylic oxidation sites excluding steroid dienone is 4. The Balaban J connectivity index is -0.000000403. The summed E-state index contributed by atoms with van der Waals surface area (Å²) in [5.41, 5.74) is 4.96. The van der Waals surface area contributed by atoms with E-state index in [1.54, 1.807) is 33.6 Å². The molecule has 0 saturated carbocycles. The molecular formula is C10H15F3Zr. The zero-order valence-electron chi connectivity index (χ0n) is 9.13. The maximum Gasteiger partial charge on any atom is -1.00 e. The second-order valence-electron chi connectivity index (χ2n) is 3.88. The van der Waals surface area contributed by atoms with Gasteiger partial charge in [-0.1, -0.05) is 0 Å². The fraction of sp³-hybridized carbons (Fsp3) is 0.600. The van der Waals surface area contributed by atoms with Crippen LogP contribution in [0.5, 0.6) is 0 Å². The number of halogens is 3. The Kier molecular flexibility index (Phi) is 8.29. The molecule has 0 aliphatic heterocycles. The van der Waals surface area contributed by atoms with Crippen LogP contribution in [0.1, 0.15) is 34.6 Å². The molecule has 0 aromatic carbocycles. The molecule has 14 heavy (non-hydrogen) atoms. The summed E-state index contributed by atoms with van der Waals surface area (Å²) in [6, 6.07) is 0. The molecule has 0 aromatic heterocycles.